The van der Waals surface area contributed by atoms with Gasteiger partial charge >= 0.3 is 0 Å². The Bertz CT molecular complexity index is 1750. The van der Waals surface area contributed by atoms with Gasteiger partial charge in [0.15, 0.2) is 0 Å². The van der Waals surface area contributed by atoms with Crippen LogP contribution in [-0.2, 0) is 24.4 Å². The van der Waals surface area contributed by atoms with Crippen molar-refractivity contribution in [3.05, 3.63) is 29.6 Å². The number of fused-ring (bicyclic) bond motifs is 3. The molecule has 2 aliphatic carbocycles. The maximum Gasteiger partial charge on any atom is 0.259 e. The average Bonchev–Trinajstić information content (AvgIpc) is 3.91. The lowest BCUT2D eigenvalue weighted by molar-refractivity contribution is -0.140. The molecule has 5 unspecified atom stereocenters. The van der Waals surface area contributed by atoms with Crippen LogP contribution in [0.1, 0.15) is 97.0 Å². The van der Waals surface area contributed by atoms with Crippen LogP contribution in [0.15, 0.2) is 18.2 Å². The number of hydrogen-bond donors (Lipinski definition) is 3. The number of carbonyl (C=O) groups is 3. The molecule has 0 spiro atoms. The number of nitrogens with two attached hydrogens (primary N) is 1. The number of rotatable bonds is 7. The van der Waals surface area contributed by atoms with Crippen LogP contribution < -0.4 is 25.2 Å². The van der Waals surface area contributed by atoms with E-state index in [9.17, 15) is 27.2 Å². The number of aromatic nitrogens is 1. The number of carbonyl (C=O) groups excluding carboxylic acids is 3. The SMILES string of the molecule is Cc1c(F)ccc2c(OC3CC4C(=O)NC5(C(=O)NS(=O)(=O)C6(C)CC6)CC5CCCCCCCC(N)C(=O)N4C3)cc(OC(C)C)nc12. The summed E-state index contributed by atoms with van der Waals surface area (Å²) in [7, 11) is -3.93. The molecule has 5 atom stereocenters. The van der Waals surface area contributed by atoms with Gasteiger partial charge in [0.05, 0.1) is 29.0 Å². The Labute approximate surface area is 287 Å². The molecule has 4 N–H and O–H groups in total. The molecule has 3 amide bonds. The third-order valence-electron chi connectivity index (χ3n) is 10.7. The zero-order valence-corrected chi connectivity index (χ0v) is 29.5. The van der Waals surface area contributed by atoms with Crippen molar-refractivity contribution >= 4 is 38.6 Å². The highest BCUT2D eigenvalue weighted by molar-refractivity contribution is 7.91. The number of ether oxygens (including phenoxy) is 2. The fourth-order valence-electron chi connectivity index (χ4n) is 7.18. The monoisotopic (exact) mass is 701 g/mol. The minimum absolute atomic E-state index is 0.0460. The average molecular weight is 702 g/mol. The zero-order valence-electron chi connectivity index (χ0n) is 28.7. The lowest BCUT2D eigenvalue weighted by Crippen LogP contribution is -2.58. The lowest BCUT2D eigenvalue weighted by Gasteiger charge is -2.28. The Kier molecular flexibility index (Phi) is 9.59. The van der Waals surface area contributed by atoms with E-state index in [1.54, 1.807) is 26.0 Å². The van der Waals surface area contributed by atoms with Gasteiger partial charge in [0.25, 0.3) is 5.91 Å². The fourth-order valence-corrected chi connectivity index (χ4v) is 8.49. The first-order valence-electron chi connectivity index (χ1n) is 17.5. The van der Waals surface area contributed by atoms with Gasteiger partial charge in [-0.15, -0.1) is 0 Å². The summed E-state index contributed by atoms with van der Waals surface area (Å²) >= 11 is 0. The van der Waals surface area contributed by atoms with Crippen molar-refractivity contribution in [1.29, 1.82) is 0 Å². The number of halogens is 1. The van der Waals surface area contributed by atoms with E-state index >= 15 is 0 Å². The van der Waals surface area contributed by atoms with E-state index in [1.165, 1.54) is 11.0 Å². The Hall–Kier alpha value is -3.52. The van der Waals surface area contributed by atoms with E-state index < -0.39 is 62.0 Å². The molecule has 2 aromatic rings. The van der Waals surface area contributed by atoms with Crippen molar-refractivity contribution < 1.29 is 36.7 Å². The highest BCUT2D eigenvalue weighted by atomic mass is 32.2. The molecule has 2 saturated carbocycles. The molecule has 4 fully saturated rings. The fraction of sp³-hybridized carbons (Fsp3) is 0.657. The minimum atomic E-state index is -3.93. The second kappa shape index (κ2) is 13.3. The smallest absolute Gasteiger partial charge is 0.259 e. The minimum Gasteiger partial charge on any atom is -0.488 e. The van der Waals surface area contributed by atoms with Gasteiger partial charge in [-0.1, -0.05) is 32.1 Å². The van der Waals surface area contributed by atoms with E-state index in [0.717, 1.165) is 32.1 Å². The number of aryl methyl sites for hydroxylation is 1. The molecule has 1 aromatic carbocycles. The number of nitrogens with zero attached hydrogens (tertiary/aromatic N) is 2. The van der Waals surface area contributed by atoms with Gasteiger partial charge in [0, 0.05) is 23.4 Å². The standard InChI is InChI=1S/C35H48FN5O7S/c1-20(2)47-29-17-28(24-12-13-25(36)21(3)30(24)38-29)48-23-16-27-31(42)39-35(33(44)40-49(45,46)34(4)14-15-34)18-22(35)10-8-6-5-7-9-11-26(37)32(43)41(27)19-23/h12-13,17,20,22-23,26-27H,5-11,14-16,18-19,37H2,1-4H3,(H,39,42)(H,40,44). The molecule has 14 heteroatoms. The Morgan fingerprint density at radius 1 is 1.14 bits per heavy atom. The Morgan fingerprint density at radius 3 is 2.53 bits per heavy atom. The molecule has 2 aliphatic heterocycles. The van der Waals surface area contributed by atoms with Crippen molar-refractivity contribution in [2.45, 2.75) is 133 Å². The maximum atomic E-state index is 14.6. The summed E-state index contributed by atoms with van der Waals surface area (Å²) in [5.41, 5.74) is 5.71. The van der Waals surface area contributed by atoms with Crippen LogP contribution in [0.5, 0.6) is 11.6 Å². The van der Waals surface area contributed by atoms with Crippen LogP contribution in [0.25, 0.3) is 10.9 Å². The normalized spacial score (nSPS) is 28.9. The number of sulfonamides is 1. The summed E-state index contributed by atoms with van der Waals surface area (Å²) in [5.74, 6) is -1.72. The van der Waals surface area contributed by atoms with E-state index in [-0.39, 0.29) is 30.9 Å². The second-order valence-corrected chi connectivity index (χ2v) is 17.1. The summed E-state index contributed by atoms with van der Waals surface area (Å²) in [6, 6.07) is 2.69. The van der Waals surface area contributed by atoms with Gasteiger partial charge < -0.3 is 25.4 Å². The molecular formula is C35H48FN5O7S. The quantitative estimate of drug-likeness (QED) is 0.389. The third-order valence-corrected chi connectivity index (χ3v) is 12.8. The van der Waals surface area contributed by atoms with Gasteiger partial charge in [0.2, 0.25) is 27.7 Å². The molecular weight excluding hydrogens is 653 g/mol. The van der Waals surface area contributed by atoms with Gasteiger partial charge in [-0.25, -0.2) is 17.8 Å². The highest BCUT2D eigenvalue weighted by Gasteiger charge is 2.63. The van der Waals surface area contributed by atoms with Crippen LogP contribution in [0, 0.1) is 18.7 Å². The maximum absolute atomic E-state index is 14.6. The van der Waals surface area contributed by atoms with E-state index in [0.29, 0.717) is 54.3 Å². The third kappa shape index (κ3) is 7.08. The number of amides is 3. The van der Waals surface area contributed by atoms with Crippen LogP contribution in [0.3, 0.4) is 0 Å². The van der Waals surface area contributed by atoms with Crippen molar-refractivity contribution in [1.82, 2.24) is 19.9 Å². The van der Waals surface area contributed by atoms with Gasteiger partial charge in [-0.05, 0) is 77.8 Å². The molecule has 0 bridgehead atoms. The van der Waals surface area contributed by atoms with Crippen LogP contribution in [-0.4, -0.2) is 77.1 Å². The van der Waals surface area contributed by atoms with Crippen LogP contribution >= 0.6 is 0 Å². The molecule has 2 saturated heterocycles. The predicted octanol–water partition coefficient (Wildman–Crippen LogP) is 3.76. The lowest BCUT2D eigenvalue weighted by atomic mass is 10.0. The molecule has 0 radical (unpaired) electrons. The molecule has 12 nitrogen and oxygen atoms in total. The van der Waals surface area contributed by atoms with Gasteiger partial charge in [-0.3, -0.25) is 19.1 Å². The van der Waals surface area contributed by atoms with E-state index in [4.69, 9.17) is 15.2 Å². The number of benzene rings is 1. The number of pyridine rings is 1. The topological polar surface area (TPSA) is 170 Å². The summed E-state index contributed by atoms with van der Waals surface area (Å²) < 4.78 is 54.3. The van der Waals surface area contributed by atoms with Crippen molar-refractivity contribution in [2.75, 3.05) is 6.54 Å². The summed E-state index contributed by atoms with van der Waals surface area (Å²) in [4.78, 5) is 47.7. The highest BCUT2D eigenvalue weighted by Crippen LogP contribution is 2.49. The molecule has 6 rings (SSSR count). The summed E-state index contributed by atoms with van der Waals surface area (Å²) in [6.45, 7) is 6.97. The first-order chi connectivity index (χ1) is 23.1. The van der Waals surface area contributed by atoms with Gasteiger partial charge in [0.1, 0.15) is 29.3 Å². The number of hydrogen-bond acceptors (Lipinski definition) is 9. The first kappa shape index (κ1) is 35.3. The molecule has 268 valence electrons. The molecule has 4 aliphatic rings. The summed E-state index contributed by atoms with van der Waals surface area (Å²) in [6.07, 6.45) is 5.97. The molecule has 3 heterocycles. The second-order valence-electron chi connectivity index (χ2n) is 14.9. The van der Waals surface area contributed by atoms with Crippen LogP contribution in [0.2, 0.25) is 0 Å². The van der Waals surface area contributed by atoms with Crippen LogP contribution in [0.4, 0.5) is 4.39 Å². The van der Waals surface area contributed by atoms with Crippen molar-refractivity contribution in [3.63, 3.8) is 0 Å². The van der Waals surface area contributed by atoms with Gasteiger partial charge in [-0.2, -0.15) is 0 Å². The van der Waals surface area contributed by atoms with E-state index in [2.05, 4.69) is 15.0 Å². The Morgan fingerprint density at radius 2 is 1.84 bits per heavy atom. The Balaban J connectivity index is 1.30. The van der Waals surface area contributed by atoms with E-state index in [1.807, 2.05) is 13.8 Å². The zero-order chi connectivity index (χ0) is 35.3. The van der Waals surface area contributed by atoms with Crippen molar-refractivity contribution in [3.8, 4) is 11.6 Å². The molecule has 1 aromatic heterocycles. The first-order valence-corrected chi connectivity index (χ1v) is 19.0. The number of nitrogens with one attached hydrogen (secondary N) is 2. The van der Waals surface area contributed by atoms with Crippen molar-refractivity contribution in [2.24, 2.45) is 11.7 Å². The predicted molar refractivity (Wildman–Crippen MR) is 181 cm³/mol. The summed E-state index contributed by atoms with van der Waals surface area (Å²) in [5, 5.41) is 3.47. The molecule has 49 heavy (non-hydrogen) atoms. The largest absolute Gasteiger partial charge is 0.488 e.